The third kappa shape index (κ3) is 4.37. The number of rotatable bonds is 4. The van der Waals surface area contributed by atoms with Gasteiger partial charge in [-0.2, -0.15) is 0 Å². The number of fused-ring (bicyclic) bond motifs is 1. The SMILES string of the molecule is CC(=O)NCC1(F)CCN(CC(=O)N2CCCc3ccccc32)CC1. The standard InChI is InChI=1S/C19H26FN3O2/c1-15(24)21-14-19(20)8-11-22(12-9-19)13-18(25)23-10-4-6-16-5-2-3-7-17(16)23/h2-3,5,7H,4,6,8-14H2,1H3,(H,21,24). The smallest absolute Gasteiger partial charge is 0.241 e. The number of nitrogens with one attached hydrogen (secondary N) is 1. The van der Waals surface area contributed by atoms with Crippen LogP contribution in [-0.4, -0.2) is 55.1 Å². The highest BCUT2D eigenvalue weighted by atomic mass is 19.1. The van der Waals surface area contributed by atoms with Crippen molar-refractivity contribution in [2.75, 3.05) is 37.6 Å². The van der Waals surface area contributed by atoms with Gasteiger partial charge in [0.1, 0.15) is 5.67 Å². The van der Waals surface area contributed by atoms with Crippen molar-refractivity contribution < 1.29 is 14.0 Å². The predicted octanol–water partition coefficient (Wildman–Crippen LogP) is 1.91. The molecule has 2 amide bonds. The molecule has 1 N–H and O–H groups in total. The number of para-hydroxylation sites is 1. The number of halogens is 1. The van der Waals surface area contributed by atoms with Gasteiger partial charge in [0.2, 0.25) is 11.8 Å². The lowest BCUT2D eigenvalue weighted by molar-refractivity contribution is -0.120. The number of carbonyl (C=O) groups excluding carboxylic acids is 2. The van der Waals surface area contributed by atoms with Crippen LogP contribution in [0, 0.1) is 0 Å². The second-order valence-corrected chi connectivity index (χ2v) is 7.11. The summed E-state index contributed by atoms with van der Waals surface area (Å²) in [6.45, 7) is 3.61. The second-order valence-electron chi connectivity index (χ2n) is 7.11. The van der Waals surface area contributed by atoms with Crippen molar-refractivity contribution in [3.8, 4) is 0 Å². The third-order valence-electron chi connectivity index (χ3n) is 5.18. The summed E-state index contributed by atoms with van der Waals surface area (Å²) in [6.07, 6.45) is 2.68. The van der Waals surface area contributed by atoms with Gasteiger partial charge in [0, 0.05) is 32.2 Å². The van der Waals surface area contributed by atoms with Crippen LogP contribution in [-0.2, 0) is 16.0 Å². The minimum absolute atomic E-state index is 0.0591. The number of nitrogens with zero attached hydrogens (tertiary/aromatic N) is 2. The van der Waals surface area contributed by atoms with Crippen LogP contribution in [0.3, 0.4) is 0 Å². The van der Waals surface area contributed by atoms with Crippen LogP contribution in [0.1, 0.15) is 31.7 Å². The van der Waals surface area contributed by atoms with Crippen molar-refractivity contribution in [3.05, 3.63) is 29.8 Å². The molecule has 136 valence electrons. The maximum atomic E-state index is 14.7. The number of hydrogen-bond donors (Lipinski definition) is 1. The molecule has 0 aliphatic carbocycles. The van der Waals surface area contributed by atoms with Crippen molar-refractivity contribution in [2.24, 2.45) is 0 Å². The molecule has 1 aromatic rings. The summed E-state index contributed by atoms with van der Waals surface area (Å²) in [4.78, 5) is 27.6. The lowest BCUT2D eigenvalue weighted by atomic mass is 9.93. The van der Waals surface area contributed by atoms with Crippen molar-refractivity contribution in [1.29, 1.82) is 0 Å². The van der Waals surface area contributed by atoms with Crippen LogP contribution in [0.15, 0.2) is 24.3 Å². The Morgan fingerprint density at radius 1 is 1.20 bits per heavy atom. The van der Waals surface area contributed by atoms with Crippen LogP contribution in [0.5, 0.6) is 0 Å². The predicted molar refractivity (Wildman–Crippen MR) is 95.3 cm³/mol. The summed E-state index contributed by atoms with van der Waals surface area (Å²) < 4.78 is 14.7. The Kier molecular flexibility index (Phi) is 5.37. The molecule has 25 heavy (non-hydrogen) atoms. The van der Waals surface area contributed by atoms with E-state index in [9.17, 15) is 14.0 Å². The molecule has 3 rings (SSSR count). The second kappa shape index (κ2) is 7.52. The summed E-state index contributed by atoms with van der Waals surface area (Å²) in [5, 5.41) is 2.57. The first-order chi connectivity index (χ1) is 12.0. The van der Waals surface area contributed by atoms with E-state index in [1.165, 1.54) is 12.5 Å². The Bertz CT molecular complexity index is 641. The molecule has 6 heteroatoms. The zero-order valence-corrected chi connectivity index (χ0v) is 14.8. The first-order valence-corrected chi connectivity index (χ1v) is 9.01. The van der Waals surface area contributed by atoms with Crippen LogP contribution < -0.4 is 10.2 Å². The average molecular weight is 347 g/mol. The first kappa shape index (κ1) is 17.9. The van der Waals surface area contributed by atoms with Gasteiger partial charge in [0.25, 0.3) is 0 Å². The first-order valence-electron chi connectivity index (χ1n) is 9.01. The molecular weight excluding hydrogens is 321 g/mol. The topological polar surface area (TPSA) is 52.7 Å². The number of benzene rings is 1. The van der Waals surface area contributed by atoms with E-state index >= 15 is 0 Å². The van der Waals surface area contributed by atoms with E-state index in [1.807, 2.05) is 28.0 Å². The van der Waals surface area contributed by atoms with Gasteiger partial charge in [-0.05, 0) is 37.3 Å². The summed E-state index contributed by atoms with van der Waals surface area (Å²) in [6, 6.07) is 8.05. The number of amides is 2. The maximum Gasteiger partial charge on any atom is 0.241 e. The van der Waals surface area contributed by atoms with Gasteiger partial charge < -0.3 is 10.2 Å². The van der Waals surface area contributed by atoms with E-state index in [0.717, 1.165) is 25.1 Å². The Morgan fingerprint density at radius 2 is 1.92 bits per heavy atom. The van der Waals surface area contributed by atoms with Crippen LogP contribution in [0.2, 0.25) is 0 Å². The van der Waals surface area contributed by atoms with Gasteiger partial charge in [-0.25, -0.2) is 4.39 Å². The molecule has 0 atom stereocenters. The van der Waals surface area contributed by atoms with E-state index in [4.69, 9.17) is 0 Å². The lowest BCUT2D eigenvalue weighted by Gasteiger charge is -2.37. The number of piperidine rings is 1. The molecule has 2 aliphatic heterocycles. The Labute approximate surface area is 148 Å². The molecule has 0 bridgehead atoms. The number of carbonyl (C=O) groups is 2. The van der Waals surface area contributed by atoms with Gasteiger partial charge in [0.05, 0.1) is 13.1 Å². The van der Waals surface area contributed by atoms with Gasteiger partial charge in [0.15, 0.2) is 0 Å². The average Bonchev–Trinajstić information content (AvgIpc) is 2.62. The lowest BCUT2D eigenvalue weighted by Crippen LogP contribution is -2.50. The fraction of sp³-hybridized carbons (Fsp3) is 0.579. The fourth-order valence-electron chi connectivity index (χ4n) is 3.64. The Hall–Kier alpha value is -1.95. The van der Waals surface area contributed by atoms with E-state index in [0.29, 0.717) is 32.5 Å². The Balaban J connectivity index is 1.54. The van der Waals surface area contributed by atoms with Crippen LogP contribution >= 0.6 is 0 Å². The highest BCUT2D eigenvalue weighted by molar-refractivity contribution is 5.95. The molecule has 0 radical (unpaired) electrons. The van der Waals surface area contributed by atoms with E-state index in [-0.39, 0.29) is 18.4 Å². The summed E-state index contributed by atoms with van der Waals surface area (Å²) in [5.74, 6) is -0.126. The van der Waals surface area contributed by atoms with Gasteiger partial charge in [-0.1, -0.05) is 18.2 Å². The van der Waals surface area contributed by atoms with Crippen molar-refractivity contribution >= 4 is 17.5 Å². The van der Waals surface area contributed by atoms with Crippen molar-refractivity contribution in [1.82, 2.24) is 10.2 Å². The molecule has 0 unspecified atom stereocenters. The van der Waals surface area contributed by atoms with Crippen LogP contribution in [0.4, 0.5) is 10.1 Å². The summed E-state index contributed by atoms with van der Waals surface area (Å²) in [5.41, 5.74) is 0.878. The van der Waals surface area contributed by atoms with Crippen molar-refractivity contribution in [2.45, 2.75) is 38.3 Å². The van der Waals surface area contributed by atoms with Crippen molar-refractivity contribution in [3.63, 3.8) is 0 Å². The molecule has 0 aromatic heterocycles. The van der Waals surface area contributed by atoms with Gasteiger partial charge in [-0.3, -0.25) is 14.5 Å². The molecule has 0 saturated carbocycles. The number of alkyl halides is 1. The molecular formula is C19H26FN3O2. The normalized spacial score (nSPS) is 20.0. The van der Waals surface area contributed by atoms with Gasteiger partial charge >= 0.3 is 0 Å². The maximum absolute atomic E-state index is 14.7. The molecule has 1 aromatic carbocycles. The molecule has 1 saturated heterocycles. The molecule has 1 fully saturated rings. The third-order valence-corrected chi connectivity index (χ3v) is 5.18. The fourth-order valence-corrected chi connectivity index (χ4v) is 3.64. The zero-order valence-electron chi connectivity index (χ0n) is 14.8. The largest absolute Gasteiger partial charge is 0.353 e. The van der Waals surface area contributed by atoms with E-state index in [2.05, 4.69) is 11.4 Å². The highest BCUT2D eigenvalue weighted by Crippen LogP contribution is 2.28. The quantitative estimate of drug-likeness (QED) is 0.905. The minimum Gasteiger partial charge on any atom is -0.353 e. The van der Waals surface area contributed by atoms with Gasteiger partial charge in [-0.15, -0.1) is 0 Å². The van der Waals surface area contributed by atoms with E-state index in [1.54, 1.807) is 0 Å². The highest BCUT2D eigenvalue weighted by Gasteiger charge is 2.35. The number of hydrogen-bond acceptors (Lipinski definition) is 3. The summed E-state index contributed by atoms with van der Waals surface area (Å²) >= 11 is 0. The monoisotopic (exact) mass is 347 g/mol. The number of aryl methyl sites for hydroxylation is 1. The van der Waals surface area contributed by atoms with Crippen LogP contribution in [0.25, 0.3) is 0 Å². The number of anilines is 1. The zero-order chi connectivity index (χ0) is 17.9. The molecule has 2 aliphatic rings. The minimum atomic E-state index is -1.36. The Morgan fingerprint density at radius 3 is 2.64 bits per heavy atom. The van der Waals surface area contributed by atoms with E-state index < -0.39 is 5.67 Å². The summed E-state index contributed by atoms with van der Waals surface area (Å²) in [7, 11) is 0. The molecule has 5 nitrogen and oxygen atoms in total. The molecule has 0 spiro atoms. The number of likely N-dealkylation sites (tertiary alicyclic amines) is 1. The molecule has 2 heterocycles.